The maximum Gasteiger partial charge on any atom is 0.227 e. The minimum atomic E-state index is -0.179. The van der Waals surface area contributed by atoms with Gasteiger partial charge in [0.1, 0.15) is 0 Å². The molecule has 1 nitrogen and oxygen atoms in total. The van der Waals surface area contributed by atoms with Crippen LogP contribution in [0.1, 0.15) is 24.8 Å². The number of hydrogen-bond acceptors (Lipinski definition) is 1. The van der Waals surface area contributed by atoms with Gasteiger partial charge in [-0.3, -0.25) is 4.79 Å². The average Bonchev–Trinajstić information content (AvgIpc) is 2.02. The van der Waals surface area contributed by atoms with Crippen molar-refractivity contribution >= 4 is 28.4 Å². The molecular formula is C12H10Cl2O. The van der Waals surface area contributed by atoms with E-state index in [-0.39, 0.29) is 16.1 Å². The van der Waals surface area contributed by atoms with Crippen LogP contribution in [-0.4, -0.2) is 5.24 Å². The second-order valence-electron chi connectivity index (χ2n) is 4.87. The van der Waals surface area contributed by atoms with Gasteiger partial charge in [0.05, 0.1) is 0 Å². The van der Waals surface area contributed by atoms with Gasteiger partial charge in [-0.1, -0.05) is 23.7 Å². The summed E-state index contributed by atoms with van der Waals surface area (Å²) >= 11 is 11.4. The van der Waals surface area contributed by atoms with Gasteiger partial charge in [-0.25, -0.2) is 0 Å². The van der Waals surface area contributed by atoms with Crippen molar-refractivity contribution in [3.05, 3.63) is 34.9 Å². The smallest absolute Gasteiger partial charge is 0.227 e. The van der Waals surface area contributed by atoms with Crippen molar-refractivity contribution in [2.24, 2.45) is 5.41 Å². The molecule has 0 N–H and O–H groups in total. The standard InChI is InChI=1S/C12H10Cl2O/c13-9-3-1-8(2-4-9)11-5-12(6-11,7-11)10(14)15/h1-4H,5-7H2. The Hall–Kier alpha value is -0.530. The van der Waals surface area contributed by atoms with E-state index in [1.165, 1.54) is 5.56 Å². The molecule has 3 fully saturated rings. The summed E-state index contributed by atoms with van der Waals surface area (Å²) in [6.07, 6.45) is 2.76. The lowest BCUT2D eigenvalue weighted by molar-refractivity contribution is -0.164. The van der Waals surface area contributed by atoms with Crippen LogP contribution in [0.2, 0.25) is 5.02 Å². The quantitative estimate of drug-likeness (QED) is 0.724. The summed E-state index contributed by atoms with van der Waals surface area (Å²) in [4.78, 5) is 11.2. The van der Waals surface area contributed by atoms with Crippen LogP contribution in [0.4, 0.5) is 0 Å². The molecule has 3 heteroatoms. The minimum Gasteiger partial charge on any atom is -0.281 e. The van der Waals surface area contributed by atoms with Gasteiger partial charge in [-0.2, -0.15) is 0 Å². The molecule has 3 saturated carbocycles. The minimum absolute atomic E-state index is 0.154. The van der Waals surface area contributed by atoms with Crippen molar-refractivity contribution in [3.8, 4) is 0 Å². The Morgan fingerprint density at radius 2 is 1.67 bits per heavy atom. The van der Waals surface area contributed by atoms with Gasteiger partial charge < -0.3 is 0 Å². The van der Waals surface area contributed by atoms with E-state index in [2.05, 4.69) is 12.1 Å². The van der Waals surface area contributed by atoms with E-state index >= 15 is 0 Å². The van der Waals surface area contributed by atoms with Gasteiger partial charge in [0.15, 0.2) is 0 Å². The van der Waals surface area contributed by atoms with E-state index in [1.54, 1.807) is 0 Å². The van der Waals surface area contributed by atoms with E-state index in [4.69, 9.17) is 23.2 Å². The zero-order valence-electron chi connectivity index (χ0n) is 8.09. The first-order valence-electron chi connectivity index (χ1n) is 5.02. The molecule has 78 valence electrons. The summed E-state index contributed by atoms with van der Waals surface area (Å²) in [6.45, 7) is 0. The maximum atomic E-state index is 11.2. The Bertz CT molecular complexity index is 416. The van der Waals surface area contributed by atoms with Crippen LogP contribution in [0.15, 0.2) is 24.3 Å². The Labute approximate surface area is 98.4 Å². The lowest BCUT2D eigenvalue weighted by atomic mass is 9.34. The van der Waals surface area contributed by atoms with E-state index in [1.807, 2.05) is 12.1 Å². The van der Waals surface area contributed by atoms with Crippen LogP contribution in [0, 0.1) is 5.41 Å². The van der Waals surface area contributed by atoms with Gasteiger partial charge in [-0.15, -0.1) is 0 Å². The van der Waals surface area contributed by atoms with Gasteiger partial charge in [-0.05, 0) is 54.0 Å². The largest absolute Gasteiger partial charge is 0.281 e. The molecule has 0 aliphatic heterocycles. The number of benzene rings is 1. The number of carbonyl (C=O) groups excluding carboxylic acids is 1. The average molecular weight is 241 g/mol. The molecule has 0 saturated heterocycles. The lowest BCUT2D eigenvalue weighted by Gasteiger charge is -2.69. The topological polar surface area (TPSA) is 17.1 Å². The number of hydrogen-bond donors (Lipinski definition) is 0. The highest BCUT2D eigenvalue weighted by Gasteiger charge is 2.71. The highest BCUT2D eigenvalue weighted by Crippen LogP contribution is 2.74. The van der Waals surface area contributed by atoms with Crippen LogP contribution in [0.5, 0.6) is 0 Å². The van der Waals surface area contributed by atoms with Crippen LogP contribution in [-0.2, 0) is 10.2 Å². The zero-order chi connectivity index (χ0) is 10.7. The molecular weight excluding hydrogens is 231 g/mol. The molecule has 0 atom stereocenters. The van der Waals surface area contributed by atoms with Gasteiger partial charge in [0.2, 0.25) is 5.24 Å². The maximum absolute atomic E-state index is 11.2. The predicted molar refractivity (Wildman–Crippen MR) is 60.3 cm³/mol. The first kappa shape index (κ1) is 9.68. The van der Waals surface area contributed by atoms with Crippen molar-refractivity contribution in [3.63, 3.8) is 0 Å². The molecule has 1 aromatic carbocycles. The van der Waals surface area contributed by atoms with Gasteiger partial charge in [0.25, 0.3) is 0 Å². The predicted octanol–water partition coefficient (Wildman–Crippen LogP) is 3.53. The van der Waals surface area contributed by atoms with Crippen molar-refractivity contribution in [2.75, 3.05) is 0 Å². The fourth-order valence-electron chi connectivity index (χ4n) is 3.11. The summed E-state index contributed by atoms with van der Waals surface area (Å²) in [7, 11) is 0. The van der Waals surface area contributed by atoms with Crippen LogP contribution in [0.25, 0.3) is 0 Å². The Morgan fingerprint density at radius 1 is 1.13 bits per heavy atom. The molecule has 0 unspecified atom stereocenters. The van der Waals surface area contributed by atoms with Crippen LogP contribution in [0.3, 0.4) is 0 Å². The molecule has 0 radical (unpaired) electrons. The number of carbonyl (C=O) groups is 1. The SMILES string of the molecule is O=C(Cl)C12CC(c3ccc(Cl)cc3)(C1)C2. The van der Waals surface area contributed by atoms with Gasteiger partial charge >= 0.3 is 0 Å². The third kappa shape index (κ3) is 1.14. The second kappa shape index (κ2) is 2.78. The van der Waals surface area contributed by atoms with Crippen molar-refractivity contribution in [1.82, 2.24) is 0 Å². The second-order valence-corrected chi connectivity index (χ2v) is 5.65. The van der Waals surface area contributed by atoms with Crippen LogP contribution >= 0.6 is 23.2 Å². The third-order valence-corrected chi connectivity index (χ3v) is 4.56. The number of halogens is 2. The molecule has 0 amide bonds. The molecule has 0 heterocycles. The lowest BCUT2D eigenvalue weighted by Crippen LogP contribution is -2.66. The van der Waals surface area contributed by atoms with Crippen molar-refractivity contribution in [1.29, 1.82) is 0 Å². The first-order chi connectivity index (χ1) is 7.06. The van der Waals surface area contributed by atoms with Crippen molar-refractivity contribution in [2.45, 2.75) is 24.7 Å². The summed E-state index contributed by atoms with van der Waals surface area (Å²) in [5.74, 6) is 0. The summed E-state index contributed by atoms with van der Waals surface area (Å²) in [5, 5.41) is 0.604. The summed E-state index contributed by atoms with van der Waals surface area (Å²) in [6, 6.07) is 7.94. The Morgan fingerprint density at radius 3 is 2.13 bits per heavy atom. The molecule has 0 aromatic heterocycles. The van der Waals surface area contributed by atoms with Crippen LogP contribution < -0.4 is 0 Å². The summed E-state index contributed by atoms with van der Waals surface area (Å²) in [5.41, 5.74) is 1.35. The van der Waals surface area contributed by atoms with E-state index in [0.29, 0.717) is 0 Å². The van der Waals surface area contributed by atoms with Gasteiger partial charge in [0, 0.05) is 10.4 Å². The normalized spacial score (nSPS) is 36.7. The Balaban J connectivity index is 1.84. The first-order valence-corrected chi connectivity index (χ1v) is 5.78. The molecule has 3 aliphatic rings. The molecule has 4 rings (SSSR count). The highest BCUT2D eigenvalue weighted by atomic mass is 35.5. The van der Waals surface area contributed by atoms with Crippen molar-refractivity contribution < 1.29 is 4.79 Å². The molecule has 2 bridgehead atoms. The number of rotatable bonds is 2. The molecule has 0 spiro atoms. The fourth-order valence-corrected chi connectivity index (χ4v) is 3.43. The molecule has 1 aromatic rings. The highest BCUT2D eigenvalue weighted by molar-refractivity contribution is 6.65. The van der Waals surface area contributed by atoms with E-state index in [9.17, 15) is 4.79 Å². The monoisotopic (exact) mass is 240 g/mol. The van der Waals surface area contributed by atoms with E-state index in [0.717, 1.165) is 24.3 Å². The molecule has 15 heavy (non-hydrogen) atoms. The summed E-state index contributed by atoms with van der Waals surface area (Å²) < 4.78 is 0. The fraction of sp³-hybridized carbons (Fsp3) is 0.417. The Kier molecular flexibility index (Phi) is 1.79. The third-order valence-electron chi connectivity index (χ3n) is 3.90. The zero-order valence-corrected chi connectivity index (χ0v) is 9.61. The van der Waals surface area contributed by atoms with E-state index < -0.39 is 0 Å². The molecule has 3 aliphatic carbocycles.